The van der Waals surface area contributed by atoms with Crippen molar-refractivity contribution in [2.24, 2.45) is 5.92 Å². The zero-order valence-corrected chi connectivity index (χ0v) is 11.1. The van der Waals surface area contributed by atoms with Crippen molar-refractivity contribution in [3.63, 3.8) is 0 Å². The Hall–Kier alpha value is -0.860. The molecule has 3 atom stereocenters. The maximum atomic E-state index is 3.79. The minimum Gasteiger partial charge on any atom is -0.314 e. The molecule has 0 aliphatic carbocycles. The van der Waals surface area contributed by atoms with E-state index in [1.165, 1.54) is 57.4 Å². The molecule has 0 spiro atoms. The van der Waals surface area contributed by atoms with E-state index in [1.807, 2.05) is 0 Å². The Kier molecular flexibility index (Phi) is 3.96. The van der Waals surface area contributed by atoms with Crippen LogP contribution in [0.15, 0.2) is 30.3 Å². The van der Waals surface area contributed by atoms with Gasteiger partial charge in [0.05, 0.1) is 0 Å². The van der Waals surface area contributed by atoms with Crippen molar-refractivity contribution in [1.82, 2.24) is 10.2 Å². The zero-order chi connectivity index (χ0) is 12.2. The van der Waals surface area contributed by atoms with Crippen molar-refractivity contribution in [1.29, 1.82) is 0 Å². The van der Waals surface area contributed by atoms with E-state index in [2.05, 4.69) is 40.5 Å². The van der Waals surface area contributed by atoms with Gasteiger partial charge in [0.15, 0.2) is 0 Å². The summed E-state index contributed by atoms with van der Waals surface area (Å²) in [5.74, 6) is 0.926. The van der Waals surface area contributed by atoms with Crippen LogP contribution in [0.25, 0.3) is 0 Å². The molecule has 3 rings (SSSR count). The van der Waals surface area contributed by atoms with E-state index in [-0.39, 0.29) is 0 Å². The molecule has 18 heavy (non-hydrogen) atoms. The lowest BCUT2D eigenvalue weighted by molar-refractivity contribution is 0.221. The first-order valence-electron chi connectivity index (χ1n) is 7.41. The Morgan fingerprint density at radius 1 is 1.11 bits per heavy atom. The summed E-state index contributed by atoms with van der Waals surface area (Å²) >= 11 is 0. The Balaban J connectivity index is 1.37. The zero-order valence-electron chi connectivity index (χ0n) is 11.1. The van der Waals surface area contributed by atoms with E-state index in [0.717, 1.165) is 12.0 Å². The molecule has 2 heterocycles. The smallest absolute Gasteiger partial charge is 0.0120 e. The monoisotopic (exact) mass is 244 g/mol. The molecular weight excluding hydrogens is 220 g/mol. The largest absolute Gasteiger partial charge is 0.314 e. The number of fused-ring (bicyclic) bond motifs is 2. The molecule has 2 aliphatic heterocycles. The Bertz CT molecular complexity index is 363. The number of piperidine rings is 1. The van der Waals surface area contributed by atoms with Gasteiger partial charge in [-0.1, -0.05) is 30.3 Å². The van der Waals surface area contributed by atoms with Gasteiger partial charge in [0.2, 0.25) is 0 Å². The molecule has 2 saturated heterocycles. The van der Waals surface area contributed by atoms with Crippen LogP contribution >= 0.6 is 0 Å². The summed E-state index contributed by atoms with van der Waals surface area (Å²) in [6.45, 7) is 5.17. The number of aryl methyl sites for hydroxylation is 1. The van der Waals surface area contributed by atoms with Crippen molar-refractivity contribution in [2.75, 3.05) is 26.2 Å². The molecule has 2 nitrogen and oxygen atoms in total. The number of benzene rings is 1. The van der Waals surface area contributed by atoms with Crippen molar-refractivity contribution in [3.8, 4) is 0 Å². The fraction of sp³-hybridized carbons (Fsp3) is 0.625. The molecule has 1 aromatic rings. The minimum absolute atomic E-state index is 0.791. The second kappa shape index (κ2) is 5.85. The van der Waals surface area contributed by atoms with Crippen LogP contribution in [-0.2, 0) is 6.42 Å². The van der Waals surface area contributed by atoms with Crippen LogP contribution in [0.1, 0.15) is 24.8 Å². The lowest BCUT2D eigenvalue weighted by atomic mass is 9.94. The summed E-state index contributed by atoms with van der Waals surface area (Å²) in [5.41, 5.74) is 1.47. The average molecular weight is 244 g/mol. The second-order valence-corrected chi connectivity index (χ2v) is 5.79. The molecule has 2 heteroatoms. The maximum Gasteiger partial charge on any atom is 0.0120 e. The molecule has 0 aromatic heterocycles. The Morgan fingerprint density at radius 3 is 2.83 bits per heavy atom. The van der Waals surface area contributed by atoms with Crippen LogP contribution in [-0.4, -0.2) is 37.1 Å². The van der Waals surface area contributed by atoms with Gasteiger partial charge >= 0.3 is 0 Å². The van der Waals surface area contributed by atoms with Crippen molar-refractivity contribution < 1.29 is 0 Å². The molecule has 98 valence electrons. The number of hydrogen-bond acceptors (Lipinski definition) is 2. The van der Waals surface area contributed by atoms with Gasteiger partial charge in [-0.2, -0.15) is 0 Å². The van der Waals surface area contributed by atoms with E-state index in [4.69, 9.17) is 0 Å². The molecule has 3 unspecified atom stereocenters. The molecule has 1 N–H and O–H groups in total. The van der Waals surface area contributed by atoms with Crippen molar-refractivity contribution in [3.05, 3.63) is 35.9 Å². The van der Waals surface area contributed by atoms with Crippen LogP contribution in [0, 0.1) is 5.92 Å². The van der Waals surface area contributed by atoms with Gasteiger partial charge in [0.25, 0.3) is 0 Å². The van der Waals surface area contributed by atoms with E-state index in [1.54, 1.807) is 0 Å². The number of rotatable bonds is 5. The average Bonchev–Trinajstić information content (AvgIpc) is 2.81. The van der Waals surface area contributed by atoms with Gasteiger partial charge in [0.1, 0.15) is 0 Å². The third-order valence-electron chi connectivity index (χ3n) is 4.53. The maximum absolute atomic E-state index is 3.79. The fourth-order valence-corrected chi connectivity index (χ4v) is 3.44. The molecule has 2 fully saturated rings. The van der Waals surface area contributed by atoms with E-state index in [9.17, 15) is 0 Å². The van der Waals surface area contributed by atoms with E-state index < -0.39 is 0 Å². The number of hydrogen-bond donors (Lipinski definition) is 1. The van der Waals surface area contributed by atoms with Crippen LogP contribution < -0.4 is 5.32 Å². The number of nitrogens with zero attached hydrogens (tertiary/aromatic N) is 1. The third-order valence-corrected chi connectivity index (χ3v) is 4.53. The lowest BCUT2D eigenvalue weighted by Gasteiger charge is -2.31. The van der Waals surface area contributed by atoms with Crippen molar-refractivity contribution >= 4 is 0 Å². The Morgan fingerprint density at radius 2 is 1.94 bits per heavy atom. The highest BCUT2D eigenvalue weighted by Crippen LogP contribution is 2.26. The first-order valence-corrected chi connectivity index (χ1v) is 7.41. The summed E-state index contributed by atoms with van der Waals surface area (Å²) in [4.78, 5) is 2.62. The third kappa shape index (κ3) is 2.93. The van der Waals surface area contributed by atoms with Gasteiger partial charge in [0, 0.05) is 12.6 Å². The summed E-state index contributed by atoms with van der Waals surface area (Å²) in [6.07, 6.45) is 5.24. The van der Waals surface area contributed by atoms with E-state index >= 15 is 0 Å². The van der Waals surface area contributed by atoms with Crippen LogP contribution in [0.2, 0.25) is 0 Å². The standard InChI is InChI=1S/C16H24N2/c1-2-5-14(6-3-1)7-4-10-17-16-9-12-18-11-8-15(16)13-18/h1-3,5-6,15-17H,4,7-13H2. The van der Waals surface area contributed by atoms with E-state index in [0.29, 0.717) is 0 Å². The van der Waals surface area contributed by atoms with Gasteiger partial charge in [-0.15, -0.1) is 0 Å². The highest BCUT2D eigenvalue weighted by atomic mass is 15.2. The Labute approximate surface area is 110 Å². The van der Waals surface area contributed by atoms with Crippen LogP contribution in [0.4, 0.5) is 0 Å². The highest BCUT2D eigenvalue weighted by molar-refractivity contribution is 5.14. The molecule has 0 amide bonds. The van der Waals surface area contributed by atoms with Gasteiger partial charge in [-0.25, -0.2) is 0 Å². The molecule has 2 bridgehead atoms. The van der Waals surface area contributed by atoms with Gasteiger partial charge < -0.3 is 10.2 Å². The van der Waals surface area contributed by atoms with Crippen LogP contribution in [0.3, 0.4) is 0 Å². The first kappa shape index (κ1) is 12.2. The normalized spacial score (nSPS) is 30.6. The molecule has 1 aromatic carbocycles. The predicted octanol–water partition coefficient (Wildman–Crippen LogP) is 2.30. The highest BCUT2D eigenvalue weighted by Gasteiger charge is 2.33. The minimum atomic E-state index is 0.791. The SMILES string of the molecule is c1ccc(CCCNC2CCN3CCC2C3)cc1. The molecule has 0 saturated carbocycles. The summed E-state index contributed by atoms with van der Waals surface area (Å²) in [5, 5.41) is 3.79. The van der Waals surface area contributed by atoms with Gasteiger partial charge in [-0.05, 0) is 56.8 Å². The number of nitrogens with one attached hydrogen (secondary N) is 1. The summed E-state index contributed by atoms with van der Waals surface area (Å²) < 4.78 is 0. The van der Waals surface area contributed by atoms with Crippen molar-refractivity contribution in [2.45, 2.75) is 31.7 Å². The first-order chi connectivity index (χ1) is 8.92. The molecular formula is C16H24N2. The summed E-state index contributed by atoms with van der Waals surface area (Å²) in [7, 11) is 0. The topological polar surface area (TPSA) is 15.3 Å². The van der Waals surface area contributed by atoms with Gasteiger partial charge in [-0.3, -0.25) is 0 Å². The fourth-order valence-electron chi connectivity index (χ4n) is 3.44. The quantitative estimate of drug-likeness (QED) is 0.800. The van der Waals surface area contributed by atoms with Crippen LogP contribution in [0.5, 0.6) is 0 Å². The summed E-state index contributed by atoms with van der Waals surface area (Å²) in [6, 6.07) is 11.6. The predicted molar refractivity (Wildman–Crippen MR) is 75.7 cm³/mol. The molecule has 0 radical (unpaired) electrons. The lowest BCUT2D eigenvalue weighted by Crippen LogP contribution is -2.44. The molecule has 2 aliphatic rings. The second-order valence-electron chi connectivity index (χ2n) is 5.79.